The van der Waals surface area contributed by atoms with Gasteiger partial charge in [-0.15, -0.1) is 11.3 Å². The summed E-state index contributed by atoms with van der Waals surface area (Å²) in [4.78, 5) is 27.2. The highest BCUT2D eigenvalue weighted by Gasteiger charge is 2.35. The van der Waals surface area contributed by atoms with E-state index in [9.17, 15) is 9.59 Å². The van der Waals surface area contributed by atoms with Gasteiger partial charge < -0.3 is 10.1 Å². The predicted molar refractivity (Wildman–Crippen MR) is 121 cm³/mol. The molecule has 6 nitrogen and oxygen atoms in total. The van der Waals surface area contributed by atoms with Crippen molar-refractivity contribution in [3.05, 3.63) is 79.6 Å². The fraction of sp³-hybridized carbons (Fsp3) is 0.143. The Kier molecular flexibility index (Phi) is 5.72. The number of nitrogens with zero attached hydrogens (tertiary/aromatic N) is 1. The Hall–Kier alpha value is -2.59. The third-order valence-corrected chi connectivity index (χ3v) is 6.04. The molecule has 2 heterocycles. The molecule has 1 aromatic heterocycles. The molecule has 2 aromatic carbocycles. The lowest BCUT2D eigenvalue weighted by Crippen LogP contribution is -2.52. The van der Waals surface area contributed by atoms with E-state index in [1.165, 1.54) is 16.3 Å². The summed E-state index contributed by atoms with van der Waals surface area (Å²) in [6.45, 7) is 2.30. The molecule has 3 aromatic rings. The van der Waals surface area contributed by atoms with Crippen LogP contribution in [0.4, 0.5) is 5.69 Å². The van der Waals surface area contributed by atoms with Crippen molar-refractivity contribution in [3.8, 4) is 5.75 Å². The molecule has 148 valence electrons. The first-order valence-electron chi connectivity index (χ1n) is 9.04. The van der Waals surface area contributed by atoms with Crippen LogP contribution < -0.4 is 15.5 Å². The second-order valence-corrected chi connectivity index (χ2v) is 8.52. The maximum Gasteiger partial charge on any atom is 0.276 e. The summed E-state index contributed by atoms with van der Waals surface area (Å²) in [5.41, 5.74) is 4.43. The summed E-state index contributed by atoms with van der Waals surface area (Å²) < 4.78 is 6.51. The van der Waals surface area contributed by atoms with Gasteiger partial charge in [0.1, 0.15) is 5.75 Å². The molecular weight excluding hydrogens is 501 g/mol. The van der Waals surface area contributed by atoms with Crippen molar-refractivity contribution in [1.82, 2.24) is 10.4 Å². The number of hydrogen-bond donors (Lipinski definition) is 2. The first-order valence-corrected chi connectivity index (χ1v) is 11.0. The minimum atomic E-state index is -0.502. The molecule has 0 bridgehead atoms. The smallest absolute Gasteiger partial charge is 0.276 e. The number of anilines is 1. The number of thiophene rings is 1. The lowest BCUT2D eigenvalue weighted by Gasteiger charge is -2.37. The van der Waals surface area contributed by atoms with E-state index in [0.717, 1.165) is 14.1 Å². The van der Waals surface area contributed by atoms with E-state index in [1.807, 2.05) is 48.7 Å². The van der Waals surface area contributed by atoms with Gasteiger partial charge in [-0.25, -0.2) is 5.01 Å². The number of nitrogens with one attached hydrogen (secondary N) is 2. The normalized spacial score (nSPS) is 15.4. The van der Waals surface area contributed by atoms with Crippen LogP contribution in [0.3, 0.4) is 0 Å². The molecule has 1 aliphatic heterocycles. The van der Waals surface area contributed by atoms with Crippen LogP contribution in [0.15, 0.2) is 60.0 Å². The van der Waals surface area contributed by atoms with Crippen LogP contribution in [0, 0.1) is 3.57 Å². The molecule has 0 saturated carbocycles. The Morgan fingerprint density at radius 3 is 2.83 bits per heavy atom. The largest absolute Gasteiger partial charge is 0.493 e. The van der Waals surface area contributed by atoms with E-state index in [-0.39, 0.29) is 5.91 Å². The Morgan fingerprint density at radius 1 is 1.24 bits per heavy atom. The highest BCUT2D eigenvalue weighted by Crippen LogP contribution is 2.34. The molecule has 8 heteroatoms. The van der Waals surface area contributed by atoms with Crippen LogP contribution in [-0.2, 0) is 0 Å². The van der Waals surface area contributed by atoms with Crippen molar-refractivity contribution in [2.75, 3.05) is 11.9 Å². The number of ether oxygens (including phenoxy) is 1. The van der Waals surface area contributed by atoms with Gasteiger partial charge in [-0.3, -0.25) is 15.0 Å². The third kappa shape index (κ3) is 3.95. The summed E-state index contributed by atoms with van der Waals surface area (Å²) in [5, 5.41) is 6.67. The number of halogens is 1. The highest BCUT2D eigenvalue weighted by molar-refractivity contribution is 14.1. The topological polar surface area (TPSA) is 70.7 Å². The fourth-order valence-corrected chi connectivity index (χ4v) is 4.40. The molecule has 2 amide bonds. The van der Waals surface area contributed by atoms with E-state index in [1.54, 1.807) is 18.2 Å². The number of hydrogen-bond acceptors (Lipinski definition) is 5. The first-order chi connectivity index (χ1) is 14.1. The van der Waals surface area contributed by atoms with Crippen LogP contribution in [0.25, 0.3) is 0 Å². The lowest BCUT2D eigenvalue weighted by molar-refractivity contribution is 0.0493. The average Bonchev–Trinajstić information content (AvgIpc) is 3.25. The number of fused-ring (bicyclic) bond motifs is 1. The summed E-state index contributed by atoms with van der Waals surface area (Å²) in [6.07, 6.45) is -0.502. The Bertz CT molecular complexity index is 1060. The maximum atomic E-state index is 13.3. The number of benzene rings is 2. The Balaban J connectivity index is 1.70. The summed E-state index contributed by atoms with van der Waals surface area (Å²) in [6, 6.07) is 16.5. The molecule has 2 N–H and O–H groups in total. The maximum absolute atomic E-state index is 13.3. The Labute approximate surface area is 186 Å². The first kappa shape index (κ1) is 19.7. The minimum Gasteiger partial charge on any atom is -0.493 e. The van der Waals surface area contributed by atoms with E-state index >= 15 is 0 Å². The number of amides is 2. The van der Waals surface area contributed by atoms with Gasteiger partial charge in [0, 0.05) is 14.1 Å². The van der Waals surface area contributed by atoms with Gasteiger partial charge in [-0.2, -0.15) is 0 Å². The Morgan fingerprint density at radius 2 is 2.07 bits per heavy atom. The van der Waals surface area contributed by atoms with Crippen molar-refractivity contribution < 1.29 is 14.3 Å². The van der Waals surface area contributed by atoms with Crippen LogP contribution in [0.5, 0.6) is 5.75 Å². The van der Waals surface area contributed by atoms with E-state index in [0.29, 0.717) is 23.5 Å². The average molecular weight is 519 g/mol. The molecule has 29 heavy (non-hydrogen) atoms. The van der Waals surface area contributed by atoms with Gasteiger partial charge >= 0.3 is 0 Å². The van der Waals surface area contributed by atoms with Crippen molar-refractivity contribution in [3.63, 3.8) is 0 Å². The zero-order chi connectivity index (χ0) is 20.4. The van der Waals surface area contributed by atoms with Gasteiger partial charge in [0.05, 0.1) is 17.7 Å². The molecule has 1 aliphatic rings. The molecule has 1 atom stereocenters. The standard InChI is InChI=1S/C21H18IN3O3S/c1-2-28-17-7-4-3-6-14(17)20(26)24-25-19(18-8-5-11-29-18)23-16-10-9-13(22)12-15(16)21(25)27/h3-12,19,23H,2H2,1H3,(H,24,26)/t19-/m1/s1. The van der Waals surface area contributed by atoms with E-state index < -0.39 is 12.1 Å². The minimum absolute atomic E-state index is 0.266. The van der Waals surface area contributed by atoms with Crippen molar-refractivity contribution >= 4 is 51.4 Å². The molecule has 0 spiro atoms. The summed E-state index contributed by atoms with van der Waals surface area (Å²) in [5.74, 6) is -0.190. The van der Waals surface area contributed by atoms with E-state index in [2.05, 4.69) is 33.3 Å². The van der Waals surface area contributed by atoms with Gasteiger partial charge in [0.2, 0.25) is 0 Å². The molecular formula is C21H18IN3O3S. The van der Waals surface area contributed by atoms with Crippen molar-refractivity contribution in [2.45, 2.75) is 13.1 Å². The van der Waals surface area contributed by atoms with Gasteiger partial charge in [0.15, 0.2) is 6.17 Å². The van der Waals surface area contributed by atoms with Crippen LogP contribution in [0.2, 0.25) is 0 Å². The predicted octanol–water partition coefficient (Wildman–Crippen LogP) is 4.66. The molecule has 0 radical (unpaired) electrons. The third-order valence-electron chi connectivity index (χ3n) is 4.45. The molecule has 0 unspecified atom stereocenters. The van der Waals surface area contributed by atoms with Crippen LogP contribution >= 0.6 is 33.9 Å². The lowest BCUT2D eigenvalue weighted by atomic mass is 10.1. The zero-order valence-electron chi connectivity index (χ0n) is 15.5. The second kappa shape index (κ2) is 8.42. The van der Waals surface area contributed by atoms with Crippen LogP contribution in [0.1, 0.15) is 38.7 Å². The summed E-state index contributed by atoms with van der Waals surface area (Å²) >= 11 is 3.68. The quantitative estimate of drug-likeness (QED) is 0.482. The highest BCUT2D eigenvalue weighted by atomic mass is 127. The second-order valence-electron chi connectivity index (χ2n) is 6.30. The monoisotopic (exact) mass is 519 g/mol. The summed E-state index contributed by atoms with van der Waals surface area (Å²) in [7, 11) is 0. The number of carbonyl (C=O) groups is 2. The zero-order valence-corrected chi connectivity index (χ0v) is 18.5. The van der Waals surface area contributed by atoms with Crippen molar-refractivity contribution in [2.24, 2.45) is 0 Å². The number of carbonyl (C=O) groups excluding carboxylic acids is 2. The molecule has 0 fully saturated rings. The number of para-hydroxylation sites is 1. The van der Waals surface area contributed by atoms with E-state index in [4.69, 9.17) is 4.74 Å². The van der Waals surface area contributed by atoms with Gasteiger partial charge in [-0.05, 0) is 71.3 Å². The SMILES string of the molecule is CCOc1ccccc1C(=O)NN1C(=O)c2cc(I)ccc2N[C@H]1c1cccs1. The molecule has 4 rings (SSSR count). The molecule has 0 aliphatic carbocycles. The van der Waals surface area contributed by atoms with Crippen molar-refractivity contribution in [1.29, 1.82) is 0 Å². The van der Waals surface area contributed by atoms with Gasteiger partial charge in [-0.1, -0.05) is 18.2 Å². The van der Waals surface area contributed by atoms with Gasteiger partial charge in [0.25, 0.3) is 11.8 Å². The van der Waals surface area contributed by atoms with Crippen LogP contribution in [-0.4, -0.2) is 23.4 Å². The fourth-order valence-electron chi connectivity index (χ4n) is 3.14. The molecule has 0 saturated heterocycles. The number of hydrazine groups is 1. The number of rotatable bonds is 5.